The van der Waals surface area contributed by atoms with Crippen LogP contribution >= 0.6 is 0 Å². The molecule has 2 heterocycles. The van der Waals surface area contributed by atoms with Gasteiger partial charge in [0.1, 0.15) is 5.82 Å². The molecule has 2 unspecified atom stereocenters. The summed E-state index contributed by atoms with van der Waals surface area (Å²) in [5.41, 5.74) is 3.80. The number of fused-ring (bicyclic) bond motifs is 1. The first-order chi connectivity index (χ1) is 14.9. The number of carbonyl (C=O) groups is 3. The number of hydrogen-bond donors (Lipinski definition) is 2. The zero-order valence-electron chi connectivity index (χ0n) is 17.8. The summed E-state index contributed by atoms with van der Waals surface area (Å²) in [6.45, 7) is 4.31. The predicted molar refractivity (Wildman–Crippen MR) is 114 cm³/mol. The number of benzene rings is 1. The van der Waals surface area contributed by atoms with Crippen molar-refractivity contribution in [2.24, 2.45) is 18.9 Å². The number of imide groups is 1. The van der Waals surface area contributed by atoms with Crippen LogP contribution in [-0.4, -0.2) is 37.5 Å². The molecule has 162 valence electrons. The third kappa shape index (κ3) is 3.95. The van der Waals surface area contributed by atoms with E-state index in [1.54, 1.807) is 24.3 Å². The number of anilines is 1. The molecule has 2 aromatic rings. The molecule has 1 aromatic heterocycles. The van der Waals surface area contributed by atoms with Gasteiger partial charge in [-0.25, -0.2) is 0 Å². The maximum atomic E-state index is 12.6. The first-order valence-electron chi connectivity index (χ1n) is 10.4. The van der Waals surface area contributed by atoms with Gasteiger partial charge in [0.05, 0.1) is 24.1 Å². The van der Waals surface area contributed by atoms with Gasteiger partial charge in [0.2, 0.25) is 0 Å². The molecule has 4 rings (SSSR count). The van der Waals surface area contributed by atoms with Crippen LogP contribution in [0.5, 0.6) is 0 Å². The molecule has 1 saturated heterocycles. The van der Waals surface area contributed by atoms with Gasteiger partial charge in [0.25, 0.3) is 17.7 Å². The van der Waals surface area contributed by atoms with Crippen molar-refractivity contribution < 1.29 is 14.4 Å². The molecule has 1 aliphatic heterocycles. The van der Waals surface area contributed by atoms with E-state index in [1.807, 2.05) is 37.6 Å². The molecule has 9 nitrogen and oxygen atoms in total. The fourth-order valence-electron chi connectivity index (χ4n) is 4.06. The molecule has 1 aromatic carbocycles. The first kappa shape index (κ1) is 20.8. The largest absolute Gasteiger partial charge is 0.345 e. The number of amides is 3. The van der Waals surface area contributed by atoms with Crippen molar-refractivity contribution in [3.05, 3.63) is 53.6 Å². The van der Waals surface area contributed by atoms with E-state index in [9.17, 15) is 14.4 Å². The Hall–Kier alpha value is -3.49. The number of allylic oxidation sites excluding steroid dienone is 2. The first-order valence-corrected chi connectivity index (χ1v) is 10.4. The molecule has 0 spiro atoms. The molecular weight excluding hydrogens is 396 g/mol. The fraction of sp³-hybridized carbons (Fsp3) is 0.409. The highest BCUT2D eigenvalue weighted by Gasteiger charge is 2.47. The molecule has 0 bridgehead atoms. The lowest BCUT2D eigenvalue weighted by atomic mass is 9.85. The molecule has 2 atom stereocenters. The summed E-state index contributed by atoms with van der Waals surface area (Å²) in [5.74, 6) is 0.407. The van der Waals surface area contributed by atoms with E-state index in [2.05, 4.69) is 20.9 Å². The van der Waals surface area contributed by atoms with Crippen molar-refractivity contribution in [3.8, 4) is 0 Å². The van der Waals surface area contributed by atoms with Gasteiger partial charge in [-0.3, -0.25) is 19.8 Å². The van der Waals surface area contributed by atoms with E-state index in [-0.39, 0.29) is 42.0 Å². The number of aromatic nitrogens is 3. The zero-order valence-corrected chi connectivity index (χ0v) is 17.8. The number of nitrogens with one attached hydrogen (secondary N) is 2. The van der Waals surface area contributed by atoms with Crippen molar-refractivity contribution in [2.75, 3.05) is 5.43 Å². The van der Waals surface area contributed by atoms with Gasteiger partial charge in [-0.05, 0) is 31.0 Å². The second kappa shape index (κ2) is 8.33. The summed E-state index contributed by atoms with van der Waals surface area (Å²) in [6.07, 6.45) is 5.05. The molecule has 31 heavy (non-hydrogen) atoms. The molecule has 3 amide bonds. The minimum absolute atomic E-state index is 0.225. The Balaban J connectivity index is 1.42. The summed E-state index contributed by atoms with van der Waals surface area (Å²) in [6, 6.07) is 6.71. The fourth-order valence-corrected chi connectivity index (χ4v) is 4.06. The van der Waals surface area contributed by atoms with Gasteiger partial charge in [-0.15, -0.1) is 10.2 Å². The quantitative estimate of drug-likeness (QED) is 0.545. The van der Waals surface area contributed by atoms with Crippen LogP contribution < -0.4 is 10.7 Å². The monoisotopic (exact) mass is 422 g/mol. The molecule has 0 radical (unpaired) electrons. The van der Waals surface area contributed by atoms with Crippen molar-refractivity contribution in [2.45, 2.75) is 39.2 Å². The summed E-state index contributed by atoms with van der Waals surface area (Å²) in [7, 11) is 1.87. The summed E-state index contributed by atoms with van der Waals surface area (Å²) < 4.78 is 1.88. The molecular formula is C22H26N6O3. The normalized spacial score (nSPS) is 20.3. The Kier molecular flexibility index (Phi) is 5.58. The van der Waals surface area contributed by atoms with E-state index in [0.717, 1.165) is 10.8 Å². The third-order valence-electron chi connectivity index (χ3n) is 5.80. The van der Waals surface area contributed by atoms with Crippen molar-refractivity contribution in [1.82, 2.24) is 25.1 Å². The average molecular weight is 422 g/mol. The Morgan fingerprint density at radius 2 is 1.81 bits per heavy atom. The van der Waals surface area contributed by atoms with Crippen molar-refractivity contribution in [1.29, 1.82) is 0 Å². The number of hydrogen-bond acceptors (Lipinski definition) is 6. The van der Waals surface area contributed by atoms with E-state index in [4.69, 9.17) is 0 Å². The molecule has 2 aliphatic rings. The molecule has 9 heteroatoms. The Morgan fingerprint density at radius 3 is 2.42 bits per heavy atom. The van der Waals surface area contributed by atoms with Crippen LogP contribution in [0.1, 0.15) is 54.6 Å². The van der Waals surface area contributed by atoms with Crippen molar-refractivity contribution in [3.63, 3.8) is 0 Å². The standard InChI is InChI=1S/C22H26N6O3/c1-13(2)19-25-24-18(27(19)3)12-23-20(29)14-7-6-8-15(11-14)26-28-21(30)16-9-4-5-10-17(16)22(28)31/h4-8,11,13,16-17,26H,9-10,12H2,1-3H3,(H,23,29). The van der Waals surface area contributed by atoms with Crippen LogP contribution in [0.3, 0.4) is 0 Å². The van der Waals surface area contributed by atoms with E-state index in [1.165, 1.54) is 0 Å². The molecule has 2 N–H and O–H groups in total. The van der Waals surface area contributed by atoms with Crippen LogP contribution in [0.15, 0.2) is 36.4 Å². The summed E-state index contributed by atoms with van der Waals surface area (Å²) in [4.78, 5) is 37.9. The number of hydrazine groups is 1. The minimum atomic E-state index is -0.307. The minimum Gasteiger partial charge on any atom is -0.345 e. The van der Waals surface area contributed by atoms with Crippen molar-refractivity contribution >= 4 is 23.4 Å². The van der Waals surface area contributed by atoms with Gasteiger partial charge in [0, 0.05) is 18.5 Å². The van der Waals surface area contributed by atoms with Crippen LogP contribution in [0.25, 0.3) is 0 Å². The highest BCUT2D eigenvalue weighted by Crippen LogP contribution is 2.35. The predicted octanol–water partition coefficient (Wildman–Crippen LogP) is 2.15. The van der Waals surface area contributed by atoms with Gasteiger partial charge >= 0.3 is 0 Å². The van der Waals surface area contributed by atoms with Crippen LogP contribution in [-0.2, 0) is 23.2 Å². The van der Waals surface area contributed by atoms with E-state index < -0.39 is 0 Å². The maximum absolute atomic E-state index is 12.6. The number of carbonyl (C=O) groups excluding carboxylic acids is 3. The highest BCUT2D eigenvalue weighted by molar-refractivity contribution is 6.06. The maximum Gasteiger partial charge on any atom is 0.252 e. The lowest BCUT2D eigenvalue weighted by Crippen LogP contribution is -2.36. The second-order valence-electron chi connectivity index (χ2n) is 8.23. The lowest BCUT2D eigenvalue weighted by Gasteiger charge is -2.17. The highest BCUT2D eigenvalue weighted by atomic mass is 16.2. The van der Waals surface area contributed by atoms with Crippen LogP contribution in [0.4, 0.5) is 5.69 Å². The molecule has 0 saturated carbocycles. The van der Waals surface area contributed by atoms with E-state index in [0.29, 0.717) is 29.9 Å². The van der Waals surface area contributed by atoms with E-state index >= 15 is 0 Å². The van der Waals surface area contributed by atoms with Crippen LogP contribution in [0.2, 0.25) is 0 Å². The van der Waals surface area contributed by atoms with Gasteiger partial charge in [-0.2, -0.15) is 5.01 Å². The van der Waals surface area contributed by atoms with Gasteiger partial charge < -0.3 is 9.88 Å². The SMILES string of the molecule is CC(C)c1nnc(CNC(=O)c2cccc(NN3C(=O)C4CC=CCC4C3=O)c2)n1C. The molecule has 1 fully saturated rings. The second-order valence-corrected chi connectivity index (χ2v) is 8.23. The Labute approximate surface area is 180 Å². The summed E-state index contributed by atoms with van der Waals surface area (Å²) >= 11 is 0. The number of rotatable bonds is 6. The Morgan fingerprint density at radius 1 is 1.13 bits per heavy atom. The summed E-state index contributed by atoms with van der Waals surface area (Å²) in [5, 5.41) is 12.2. The molecule has 1 aliphatic carbocycles. The third-order valence-corrected chi connectivity index (χ3v) is 5.80. The van der Waals surface area contributed by atoms with Gasteiger partial charge in [0.15, 0.2) is 5.82 Å². The number of nitrogens with zero attached hydrogens (tertiary/aromatic N) is 4. The lowest BCUT2D eigenvalue weighted by molar-refractivity contribution is -0.138. The van der Waals surface area contributed by atoms with Gasteiger partial charge in [-0.1, -0.05) is 32.1 Å². The topological polar surface area (TPSA) is 109 Å². The smallest absolute Gasteiger partial charge is 0.252 e. The zero-order chi connectivity index (χ0) is 22.1. The van der Waals surface area contributed by atoms with Crippen LogP contribution in [0, 0.1) is 11.8 Å². The average Bonchev–Trinajstić information content (AvgIpc) is 3.25. The Bertz CT molecular complexity index is 1030.